The maximum atomic E-state index is 3.63. The number of hydrogen-bond acceptors (Lipinski definition) is 3. The third kappa shape index (κ3) is 4.07. The predicted octanol–water partition coefficient (Wildman–Crippen LogP) is 0.230. The number of rotatable bonds is 3. The fourth-order valence-corrected chi connectivity index (χ4v) is 2.01. The molecule has 0 aliphatic carbocycles. The maximum Gasteiger partial charge on any atom is 0.0210 e. The Labute approximate surface area is 82.1 Å². The van der Waals surface area contributed by atoms with Gasteiger partial charge in [0, 0.05) is 25.2 Å². The van der Waals surface area contributed by atoms with Crippen LogP contribution in [0.15, 0.2) is 0 Å². The highest BCUT2D eigenvalue weighted by Gasteiger charge is 2.20. The number of piperazine rings is 1. The molecular formula is C10H23N3. The molecule has 0 radical (unpaired) electrons. The van der Waals surface area contributed by atoms with Gasteiger partial charge in [0.25, 0.3) is 0 Å². The average Bonchev–Trinajstić information content (AvgIpc) is 1.99. The molecule has 2 atom stereocenters. The number of likely N-dealkylation sites (N-methyl/N-ethyl adjacent to an activating group) is 1. The molecule has 0 spiro atoms. The normalized spacial score (nSPS) is 31.2. The second-order valence-electron chi connectivity index (χ2n) is 4.58. The van der Waals surface area contributed by atoms with Gasteiger partial charge >= 0.3 is 0 Å². The minimum atomic E-state index is 0.644. The first-order valence-corrected chi connectivity index (χ1v) is 5.17. The van der Waals surface area contributed by atoms with Crippen LogP contribution >= 0.6 is 0 Å². The fourth-order valence-electron chi connectivity index (χ4n) is 2.01. The zero-order valence-corrected chi connectivity index (χ0v) is 9.38. The van der Waals surface area contributed by atoms with Crippen molar-refractivity contribution in [1.82, 2.24) is 15.1 Å². The third-order valence-corrected chi connectivity index (χ3v) is 2.56. The van der Waals surface area contributed by atoms with Crippen molar-refractivity contribution in [3.8, 4) is 0 Å². The molecule has 1 aliphatic heterocycles. The van der Waals surface area contributed by atoms with Crippen molar-refractivity contribution >= 4 is 0 Å². The molecule has 1 N–H and O–H groups in total. The number of hydrogen-bond donors (Lipinski definition) is 1. The van der Waals surface area contributed by atoms with E-state index in [9.17, 15) is 0 Å². The molecule has 0 aromatic carbocycles. The van der Waals surface area contributed by atoms with Crippen LogP contribution in [0.3, 0.4) is 0 Å². The van der Waals surface area contributed by atoms with Gasteiger partial charge in [0.15, 0.2) is 0 Å². The van der Waals surface area contributed by atoms with Crippen LogP contribution in [-0.2, 0) is 0 Å². The van der Waals surface area contributed by atoms with Crippen molar-refractivity contribution in [2.75, 3.05) is 40.8 Å². The van der Waals surface area contributed by atoms with Crippen molar-refractivity contribution < 1.29 is 0 Å². The minimum absolute atomic E-state index is 0.644. The molecule has 1 unspecified atom stereocenters. The minimum Gasteiger partial charge on any atom is -0.309 e. The number of nitrogens with one attached hydrogen (secondary N) is 1. The Kier molecular flexibility index (Phi) is 4.16. The van der Waals surface area contributed by atoms with E-state index in [4.69, 9.17) is 0 Å². The summed E-state index contributed by atoms with van der Waals surface area (Å²) in [6.45, 7) is 5.81. The Bertz CT molecular complexity index is 137. The molecule has 0 bridgehead atoms. The molecule has 1 fully saturated rings. The average molecular weight is 185 g/mol. The van der Waals surface area contributed by atoms with Crippen molar-refractivity contribution in [3.63, 3.8) is 0 Å². The zero-order chi connectivity index (χ0) is 9.84. The Morgan fingerprint density at radius 1 is 1.38 bits per heavy atom. The molecule has 0 aromatic rings. The molecule has 3 heteroatoms. The van der Waals surface area contributed by atoms with Gasteiger partial charge in [0.2, 0.25) is 0 Å². The van der Waals surface area contributed by atoms with Gasteiger partial charge in [-0.15, -0.1) is 0 Å². The molecule has 78 valence electrons. The molecule has 3 nitrogen and oxygen atoms in total. The van der Waals surface area contributed by atoms with Crippen LogP contribution in [-0.4, -0.2) is 62.7 Å². The van der Waals surface area contributed by atoms with E-state index in [0.717, 1.165) is 0 Å². The first kappa shape index (κ1) is 11.0. The molecule has 1 aliphatic rings. The van der Waals surface area contributed by atoms with Crippen LogP contribution in [0.5, 0.6) is 0 Å². The summed E-state index contributed by atoms with van der Waals surface area (Å²) < 4.78 is 0. The molecule has 0 saturated carbocycles. The highest BCUT2D eigenvalue weighted by molar-refractivity contribution is 4.82. The third-order valence-electron chi connectivity index (χ3n) is 2.56. The first-order chi connectivity index (χ1) is 6.08. The van der Waals surface area contributed by atoms with Gasteiger partial charge in [0.1, 0.15) is 0 Å². The van der Waals surface area contributed by atoms with Crippen LogP contribution in [0, 0.1) is 0 Å². The van der Waals surface area contributed by atoms with Gasteiger partial charge in [-0.3, -0.25) is 0 Å². The highest BCUT2D eigenvalue weighted by atomic mass is 15.2. The highest BCUT2D eigenvalue weighted by Crippen LogP contribution is 2.05. The largest absolute Gasteiger partial charge is 0.309 e. The summed E-state index contributed by atoms with van der Waals surface area (Å²) in [5, 5.41) is 3.63. The van der Waals surface area contributed by atoms with Crippen LogP contribution in [0.2, 0.25) is 0 Å². The number of nitrogens with zero attached hydrogens (tertiary/aromatic N) is 2. The Hall–Kier alpha value is -0.120. The van der Waals surface area contributed by atoms with Gasteiger partial charge in [-0.1, -0.05) is 0 Å². The maximum absolute atomic E-state index is 3.63. The van der Waals surface area contributed by atoms with Crippen LogP contribution < -0.4 is 5.32 Å². The second kappa shape index (κ2) is 4.94. The quantitative estimate of drug-likeness (QED) is 0.679. The van der Waals surface area contributed by atoms with Crippen LogP contribution in [0.1, 0.15) is 13.3 Å². The van der Waals surface area contributed by atoms with Crippen LogP contribution in [0.4, 0.5) is 0 Å². The SMILES string of the molecule is C[C@H]1CN(C)CC(CCN(C)C)N1. The van der Waals surface area contributed by atoms with Crippen molar-refractivity contribution in [2.24, 2.45) is 0 Å². The Balaban J connectivity index is 2.25. The van der Waals surface area contributed by atoms with Crippen molar-refractivity contribution in [3.05, 3.63) is 0 Å². The van der Waals surface area contributed by atoms with E-state index in [2.05, 4.69) is 43.2 Å². The standard InChI is InChI=1S/C10H23N3/c1-9-7-13(4)8-10(11-9)5-6-12(2)3/h9-11H,5-8H2,1-4H3/t9-,10?/m0/s1. The van der Waals surface area contributed by atoms with Gasteiger partial charge < -0.3 is 15.1 Å². The summed E-state index contributed by atoms with van der Waals surface area (Å²) in [5.41, 5.74) is 0. The first-order valence-electron chi connectivity index (χ1n) is 5.17. The second-order valence-corrected chi connectivity index (χ2v) is 4.58. The van der Waals surface area contributed by atoms with Crippen LogP contribution in [0.25, 0.3) is 0 Å². The van der Waals surface area contributed by atoms with E-state index < -0.39 is 0 Å². The summed E-state index contributed by atoms with van der Waals surface area (Å²) in [7, 11) is 6.48. The van der Waals surface area contributed by atoms with E-state index in [1.807, 2.05) is 0 Å². The molecule has 0 aromatic heterocycles. The van der Waals surface area contributed by atoms with E-state index in [0.29, 0.717) is 12.1 Å². The lowest BCUT2D eigenvalue weighted by molar-refractivity contribution is 0.185. The molecular weight excluding hydrogens is 162 g/mol. The lowest BCUT2D eigenvalue weighted by Gasteiger charge is -2.35. The molecule has 1 heterocycles. The summed E-state index contributed by atoms with van der Waals surface area (Å²) in [6, 6.07) is 1.32. The summed E-state index contributed by atoms with van der Waals surface area (Å²) in [5.74, 6) is 0. The van der Waals surface area contributed by atoms with Gasteiger partial charge in [0.05, 0.1) is 0 Å². The summed E-state index contributed by atoms with van der Waals surface area (Å²) in [6.07, 6.45) is 1.25. The van der Waals surface area contributed by atoms with Crippen molar-refractivity contribution in [2.45, 2.75) is 25.4 Å². The fraction of sp³-hybridized carbons (Fsp3) is 1.00. The Morgan fingerprint density at radius 2 is 2.08 bits per heavy atom. The molecule has 0 amide bonds. The van der Waals surface area contributed by atoms with Gasteiger partial charge in [-0.05, 0) is 41.0 Å². The smallest absolute Gasteiger partial charge is 0.0210 e. The predicted molar refractivity (Wildman–Crippen MR) is 57.1 cm³/mol. The van der Waals surface area contributed by atoms with Gasteiger partial charge in [-0.2, -0.15) is 0 Å². The summed E-state index contributed by atoms with van der Waals surface area (Å²) in [4.78, 5) is 4.67. The van der Waals surface area contributed by atoms with E-state index in [-0.39, 0.29) is 0 Å². The lowest BCUT2D eigenvalue weighted by atomic mass is 10.1. The lowest BCUT2D eigenvalue weighted by Crippen LogP contribution is -2.54. The molecule has 1 saturated heterocycles. The van der Waals surface area contributed by atoms with E-state index in [1.165, 1.54) is 26.1 Å². The topological polar surface area (TPSA) is 18.5 Å². The summed E-state index contributed by atoms with van der Waals surface area (Å²) >= 11 is 0. The van der Waals surface area contributed by atoms with Gasteiger partial charge in [-0.25, -0.2) is 0 Å². The van der Waals surface area contributed by atoms with E-state index in [1.54, 1.807) is 0 Å². The monoisotopic (exact) mass is 185 g/mol. The zero-order valence-electron chi connectivity index (χ0n) is 9.38. The molecule has 1 rings (SSSR count). The molecule has 13 heavy (non-hydrogen) atoms. The van der Waals surface area contributed by atoms with Crippen molar-refractivity contribution in [1.29, 1.82) is 0 Å². The Morgan fingerprint density at radius 3 is 2.62 bits per heavy atom. The van der Waals surface area contributed by atoms with E-state index >= 15 is 0 Å².